The van der Waals surface area contributed by atoms with E-state index in [2.05, 4.69) is 174 Å². The number of fused-ring (bicyclic) bond motifs is 6. The normalized spacial score (nSPS) is 13.1. The van der Waals surface area contributed by atoms with Crippen LogP contribution in [0.4, 0.5) is 0 Å². The third-order valence-corrected chi connectivity index (χ3v) is 11.3. The highest BCUT2D eigenvalue weighted by Crippen LogP contribution is 2.42. The number of benzene rings is 6. The van der Waals surface area contributed by atoms with E-state index >= 15 is 0 Å². The zero-order chi connectivity index (χ0) is 33.0. The Morgan fingerprint density at radius 2 is 1.22 bits per heavy atom. The Kier molecular flexibility index (Phi) is 6.85. The van der Waals surface area contributed by atoms with E-state index in [0.29, 0.717) is 0 Å². The summed E-state index contributed by atoms with van der Waals surface area (Å²) in [5.41, 5.74) is 12.8. The van der Waals surface area contributed by atoms with Crippen molar-refractivity contribution in [3.8, 4) is 39.3 Å². The third kappa shape index (κ3) is 4.81. The molecule has 10 rings (SSSR count). The van der Waals surface area contributed by atoms with E-state index in [4.69, 9.17) is 4.98 Å². The Morgan fingerprint density at radius 1 is 0.500 bits per heavy atom. The van der Waals surface area contributed by atoms with Crippen molar-refractivity contribution in [2.45, 2.75) is 12.8 Å². The summed E-state index contributed by atoms with van der Waals surface area (Å²) in [5, 5.41) is 5.16. The lowest BCUT2D eigenvalue weighted by Gasteiger charge is -2.12. The van der Waals surface area contributed by atoms with Crippen LogP contribution in [0.15, 0.2) is 170 Å². The van der Waals surface area contributed by atoms with E-state index < -0.39 is 0 Å². The minimum Gasteiger partial charge on any atom is -0.309 e. The van der Waals surface area contributed by atoms with Gasteiger partial charge in [0, 0.05) is 47.8 Å². The molecule has 0 radical (unpaired) electrons. The summed E-state index contributed by atoms with van der Waals surface area (Å²) in [6.45, 7) is 0. The first-order valence-corrected chi connectivity index (χ1v) is 18.1. The van der Waals surface area contributed by atoms with E-state index in [9.17, 15) is 0 Å². The fraction of sp³-hybridized carbons (Fsp3) is 0.0426. The van der Waals surface area contributed by atoms with Crippen molar-refractivity contribution in [3.05, 3.63) is 175 Å². The number of thiophene rings is 1. The van der Waals surface area contributed by atoms with Crippen molar-refractivity contribution in [1.29, 1.82) is 0 Å². The van der Waals surface area contributed by atoms with Crippen molar-refractivity contribution in [2.75, 3.05) is 0 Å². The second kappa shape index (κ2) is 11.8. The first-order chi connectivity index (χ1) is 24.8. The van der Waals surface area contributed by atoms with Gasteiger partial charge in [0.2, 0.25) is 0 Å². The zero-order valence-electron chi connectivity index (χ0n) is 27.4. The Balaban J connectivity index is 1.05. The number of nitrogens with zero attached hydrogens (tertiary/aromatic N) is 2. The third-order valence-electron chi connectivity index (χ3n) is 10.0. The number of rotatable bonds is 5. The second-order valence-corrected chi connectivity index (χ2v) is 14.1. The number of hydrogen-bond acceptors (Lipinski definition) is 2. The van der Waals surface area contributed by atoms with Gasteiger partial charge in [-0.25, -0.2) is 4.98 Å². The van der Waals surface area contributed by atoms with Crippen molar-refractivity contribution < 1.29 is 0 Å². The lowest BCUT2D eigenvalue weighted by Crippen LogP contribution is -1.95. The van der Waals surface area contributed by atoms with Crippen LogP contribution in [0.1, 0.15) is 18.4 Å². The Hall–Kier alpha value is -6.03. The zero-order valence-corrected chi connectivity index (χ0v) is 28.2. The van der Waals surface area contributed by atoms with Gasteiger partial charge < -0.3 is 4.57 Å². The van der Waals surface area contributed by atoms with Crippen molar-refractivity contribution in [2.24, 2.45) is 0 Å². The highest BCUT2D eigenvalue weighted by atomic mass is 32.1. The van der Waals surface area contributed by atoms with Gasteiger partial charge in [-0.2, -0.15) is 0 Å². The fourth-order valence-electron chi connectivity index (χ4n) is 7.61. The summed E-state index contributed by atoms with van der Waals surface area (Å²) >= 11 is 1.88. The second-order valence-electron chi connectivity index (χ2n) is 13.0. The van der Waals surface area contributed by atoms with Crippen molar-refractivity contribution in [1.82, 2.24) is 9.55 Å². The quantitative estimate of drug-likeness (QED) is 0.180. The Morgan fingerprint density at radius 3 is 2.10 bits per heavy atom. The number of para-hydroxylation sites is 1. The van der Waals surface area contributed by atoms with Gasteiger partial charge in [0.25, 0.3) is 0 Å². The molecule has 3 heterocycles. The minimum absolute atomic E-state index is 0.964. The van der Waals surface area contributed by atoms with E-state index in [1.54, 1.807) is 0 Å². The summed E-state index contributed by atoms with van der Waals surface area (Å²) < 4.78 is 5.07. The Labute approximate surface area is 294 Å². The molecule has 0 spiro atoms. The highest BCUT2D eigenvalue weighted by Gasteiger charge is 2.16. The van der Waals surface area contributed by atoms with E-state index in [1.165, 1.54) is 64.2 Å². The average Bonchev–Trinajstić information content (AvgIpc) is 3.74. The monoisotopic (exact) mass is 656 g/mol. The lowest BCUT2D eigenvalue weighted by molar-refractivity contribution is 1.04. The first kappa shape index (κ1) is 28.9. The maximum Gasteiger partial charge on any atom is 0.0710 e. The van der Waals surface area contributed by atoms with Crippen LogP contribution in [0.25, 0.3) is 86.9 Å². The van der Waals surface area contributed by atoms with Crippen LogP contribution >= 0.6 is 11.3 Å². The maximum absolute atomic E-state index is 5.15. The van der Waals surface area contributed by atoms with Gasteiger partial charge >= 0.3 is 0 Å². The smallest absolute Gasteiger partial charge is 0.0710 e. The molecule has 6 aromatic carbocycles. The summed E-state index contributed by atoms with van der Waals surface area (Å²) in [6.07, 6.45) is 9.04. The molecular weight excluding hydrogens is 625 g/mol. The largest absolute Gasteiger partial charge is 0.309 e. The van der Waals surface area contributed by atoms with Crippen LogP contribution in [0.2, 0.25) is 0 Å². The molecule has 1 aliphatic carbocycles. The molecule has 0 atom stereocenters. The molecule has 3 heteroatoms. The Bertz CT molecular complexity index is 2810. The topological polar surface area (TPSA) is 17.8 Å². The summed E-state index contributed by atoms with van der Waals surface area (Å²) in [5.74, 6) is 0. The maximum atomic E-state index is 5.15. The van der Waals surface area contributed by atoms with Crippen LogP contribution in [0.5, 0.6) is 0 Å². The molecule has 0 N–H and O–H groups in total. The van der Waals surface area contributed by atoms with Gasteiger partial charge in [-0.1, -0.05) is 121 Å². The summed E-state index contributed by atoms with van der Waals surface area (Å²) in [7, 11) is 0. The molecule has 2 nitrogen and oxygen atoms in total. The highest BCUT2D eigenvalue weighted by molar-refractivity contribution is 7.26. The molecule has 0 fully saturated rings. The van der Waals surface area contributed by atoms with Gasteiger partial charge in [-0.15, -0.1) is 11.3 Å². The van der Waals surface area contributed by atoms with Crippen LogP contribution in [0, 0.1) is 0 Å². The van der Waals surface area contributed by atoms with Gasteiger partial charge in [0.05, 0.1) is 22.4 Å². The molecule has 0 unspecified atom stereocenters. The summed E-state index contributed by atoms with van der Waals surface area (Å²) in [4.78, 5) is 5.15. The number of hydrogen-bond donors (Lipinski definition) is 0. The van der Waals surface area contributed by atoms with Crippen LogP contribution in [-0.4, -0.2) is 9.55 Å². The van der Waals surface area contributed by atoms with Gasteiger partial charge in [-0.05, 0) is 83.6 Å². The first-order valence-electron chi connectivity index (χ1n) is 17.3. The molecule has 0 saturated heterocycles. The van der Waals surface area contributed by atoms with Gasteiger partial charge in [0.1, 0.15) is 0 Å². The molecule has 3 aromatic heterocycles. The number of aromatic nitrogens is 2. The molecular formula is C47H32N2S. The molecule has 1 aliphatic rings. The van der Waals surface area contributed by atoms with Crippen LogP contribution < -0.4 is 0 Å². The lowest BCUT2D eigenvalue weighted by atomic mass is 9.98. The molecule has 50 heavy (non-hydrogen) atoms. The van der Waals surface area contributed by atoms with Gasteiger partial charge in [0.15, 0.2) is 0 Å². The number of allylic oxidation sites excluding steroid dienone is 4. The summed E-state index contributed by atoms with van der Waals surface area (Å²) in [6, 6.07) is 55.1. The molecule has 236 valence electrons. The molecule has 0 amide bonds. The SMILES string of the molecule is C1=CC(c2ccc(-c3cccc(-c4cccc(-n5c6ccccc6c6cc(-c7cccc8c7sc7ccccc78)ccc65)c4)n3)cc2)=CCC1. The molecule has 9 aromatic rings. The van der Waals surface area contributed by atoms with E-state index in [-0.39, 0.29) is 0 Å². The minimum atomic E-state index is 0.964. The molecule has 0 saturated carbocycles. The predicted octanol–water partition coefficient (Wildman–Crippen LogP) is 13.3. The predicted molar refractivity (Wildman–Crippen MR) is 214 cm³/mol. The van der Waals surface area contributed by atoms with Crippen LogP contribution in [-0.2, 0) is 0 Å². The van der Waals surface area contributed by atoms with E-state index in [1.807, 2.05) is 11.3 Å². The molecule has 0 bridgehead atoms. The van der Waals surface area contributed by atoms with Crippen LogP contribution in [0.3, 0.4) is 0 Å². The standard InChI is InChI=1S/C47H32N2S/c1-2-11-31(12-3-1)32-23-25-33(26-24-32)42-19-10-20-43(48-42)35-13-8-14-36(29-35)49-44-21-6-4-15-38(44)41-30-34(27-28-45(41)49)37-17-9-18-40-39-16-5-7-22-46(39)50-47(37)40/h2,4-30H,1,3H2. The fourth-order valence-corrected chi connectivity index (χ4v) is 8.85. The number of pyridine rings is 1. The molecule has 0 aliphatic heterocycles. The average molecular weight is 657 g/mol. The van der Waals surface area contributed by atoms with E-state index in [0.717, 1.165) is 41.0 Å². The van der Waals surface area contributed by atoms with Gasteiger partial charge in [-0.3, -0.25) is 0 Å². The van der Waals surface area contributed by atoms with Crippen molar-refractivity contribution in [3.63, 3.8) is 0 Å². The van der Waals surface area contributed by atoms with Crippen molar-refractivity contribution >= 4 is 58.9 Å².